The lowest BCUT2D eigenvalue weighted by Crippen LogP contribution is -2.45. The molecule has 0 unspecified atom stereocenters. The molecule has 2 fully saturated rings. The van der Waals surface area contributed by atoms with Crippen molar-refractivity contribution in [3.63, 3.8) is 0 Å². The normalized spacial score (nSPS) is 31.0. The third-order valence-corrected chi connectivity index (χ3v) is 6.35. The molecule has 0 bridgehead atoms. The highest BCUT2D eigenvalue weighted by Crippen LogP contribution is 2.54. The fraction of sp³-hybridized carbons (Fsp3) is 0.545. The Morgan fingerprint density at radius 3 is 2.72 bits per heavy atom. The fourth-order valence-corrected chi connectivity index (χ4v) is 4.66. The largest absolute Gasteiger partial charge is 0.460 e. The van der Waals surface area contributed by atoms with Gasteiger partial charge in [0, 0.05) is 0 Å². The molecule has 4 atom stereocenters. The van der Waals surface area contributed by atoms with Crippen molar-refractivity contribution >= 4 is 11.9 Å². The zero-order valence-electron chi connectivity index (χ0n) is 16.5. The Balaban J connectivity index is 1.54. The Bertz CT molecular complexity index is 859. The van der Waals surface area contributed by atoms with Gasteiger partial charge in [-0.25, -0.2) is 13.6 Å². The molecule has 29 heavy (non-hydrogen) atoms. The second-order valence-corrected chi connectivity index (χ2v) is 8.48. The third-order valence-electron chi connectivity index (χ3n) is 6.35. The van der Waals surface area contributed by atoms with Gasteiger partial charge in [-0.3, -0.25) is 4.79 Å². The lowest BCUT2D eigenvalue weighted by atomic mass is 9.63. The van der Waals surface area contributed by atoms with Gasteiger partial charge < -0.3 is 14.2 Å². The van der Waals surface area contributed by atoms with E-state index in [4.69, 9.17) is 14.2 Å². The predicted octanol–water partition coefficient (Wildman–Crippen LogP) is 3.56. The topological polar surface area (TPSA) is 65.1 Å². The maximum atomic E-state index is 13.3. The van der Waals surface area contributed by atoms with Crippen molar-refractivity contribution in [2.75, 3.05) is 13.2 Å². The molecule has 7 heteroatoms. The third kappa shape index (κ3) is 3.80. The Labute approximate surface area is 168 Å². The van der Waals surface area contributed by atoms with E-state index >= 15 is 0 Å². The fourth-order valence-electron chi connectivity index (χ4n) is 4.66. The van der Waals surface area contributed by atoms with Gasteiger partial charge in [0.2, 0.25) is 0 Å². The summed E-state index contributed by atoms with van der Waals surface area (Å²) >= 11 is 0. The highest BCUT2D eigenvalue weighted by atomic mass is 19.2. The van der Waals surface area contributed by atoms with Crippen LogP contribution in [0.25, 0.3) is 0 Å². The predicted molar refractivity (Wildman–Crippen MR) is 98.4 cm³/mol. The van der Waals surface area contributed by atoms with Crippen LogP contribution in [0.3, 0.4) is 0 Å². The number of carbonyl (C=O) groups is 2. The van der Waals surface area contributed by atoms with Gasteiger partial charge >= 0.3 is 11.9 Å². The van der Waals surface area contributed by atoms with Gasteiger partial charge in [-0.15, -0.1) is 0 Å². The smallest absolute Gasteiger partial charge is 0.337 e. The van der Waals surface area contributed by atoms with Gasteiger partial charge in [-0.2, -0.15) is 0 Å². The van der Waals surface area contributed by atoms with Crippen molar-refractivity contribution in [2.45, 2.75) is 38.9 Å². The van der Waals surface area contributed by atoms with E-state index in [1.807, 2.05) is 6.08 Å². The van der Waals surface area contributed by atoms with Crippen molar-refractivity contribution in [1.82, 2.24) is 0 Å². The molecule has 2 heterocycles. The van der Waals surface area contributed by atoms with Crippen LogP contribution in [0.4, 0.5) is 8.78 Å². The zero-order chi connectivity index (χ0) is 20.8. The van der Waals surface area contributed by atoms with Crippen LogP contribution in [0, 0.1) is 35.3 Å². The molecule has 1 aromatic carbocycles. The molecule has 1 saturated carbocycles. The summed E-state index contributed by atoms with van der Waals surface area (Å²) in [5, 5.41) is 0. The van der Waals surface area contributed by atoms with Crippen molar-refractivity contribution < 1.29 is 32.6 Å². The Hall–Kier alpha value is -2.28. The number of benzene rings is 1. The molecule has 4 rings (SSSR count). The van der Waals surface area contributed by atoms with Crippen LogP contribution in [-0.4, -0.2) is 30.8 Å². The molecule has 0 amide bonds. The molecule has 1 aliphatic carbocycles. The molecule has 1 aromatic rings. The number of ether oxygens (including phenoxy) is 3. The SMILES string of the molecule is CC(C)[C@H]1CC[C@@]2(CO2)[C@H]2C(=O)OCC(C(=O)OCc3ccc(F)c(F)c3)=C[C@@H]12. The van der Waals surface area contributed by atoms with Crippen molar-refractivity contribution in [3.05, 3.63) is 47.0 Å². The van der Waals surface area contributed by atoms with Gasteiger partial charge in [-0.1, -0.05) is 26.0 Å². The molecule has 1 saturated heterocycles. The summed E-state index contributed by atoms with van der Waals surface area (Å²) in [4.78, 5) is 25.4. The summed E-state index contributed by atoms with van der Waals surface area (Å²) in [7, 11) is 0. The van der Waals surface area contributed by atoms with Crippen LogP contribution in [-0.2, 0) is 30.4 Å². The Morgan fingerprint density at radius 1 is 1.31 bits per heavy atom. The molecule has 5 nitrogen and oxygen atoms in total. The number of halogens is 2. The molecular formula is C22H24F2O5. The van der Waals surface area contributed by atoms with Crippen LogP contribution in [0.5, 0.6) is 0 Å². The lowest BCUT2D eigenvalue weighted by Gasteiger charge is -2.40. The van der Waals surface area contributed by atoms with Crippen LogP contribution in [0.1, 0.15) is 32.3 Å². The van der Waals surface area contributed by atoms with E-state index in [0.717, 1.165) is 25.0 Å². The van der Waals surface area contributed by atoms with Crippen molar-refractivity contribution in [2.24, 2.45) is 23.7 Å². The highest BCUT2D eigenvalue weighted by Gasteiger charge is 2.62. The number of hydrogen-bond donors (Lipinski definition) is 0. The number of rotatable bonds is 4. The first-order chi connectivity index (χ1) is 13.8. The average Bonchev–Trinajstić information content (AvgIpc) is 3.46. The number of esters is 2. The minimum atomic E-state index is -0.999. The number of allylic oxidation sites excluding steroid dienone is 1. The van der Waals surface area contributed by atoms with E-state index < -0.39 is 29.1 Å². The molecule has 2 aliphatic heterocycles. The second kappa shape index (κ2) is 7.52. The van der Waals surface area contributed by atoms with Crippen LogP contribution in [0.15, 0.2) is 29.8 Å². The van der Waals surface area contributed by atoms with E-state index in [1.165, 1.54) is 6.07 Å². The van der Waals surface area contributed by atoms with Crippen LogP contribution in [0.2, 0.25) is 0 Å². The molecule has 0 aromatic heterocycles. The van der Waals surface area contributed by atoms with Gasteiger partial charge in [0.25, 0.3) is 0 Å². The molecule has 1 spiro atoms. The highest BCUT2D eigenvalue weighted by molar-refractivity contribution is 5.90. The summed E-state index contributed by atoms with van der Waals surface area (Å²) < 4.78 is 42.7. The quantitative estimate of drug-likeness (QED) is 0.565. The average molecular weight is 406 g/mol. The standard InChI is InChI=1S/C22H24F2O5/c1-12(2)15-5-6-22(11-29-22)19-16(15)8-14(10-28-21(19)26)20(25)27-9-13-3-4-17(23)18(24)7-13/h3-4,7-8,12,15-16,19H,5-6,9-11H2,1-2H3/t15-,16+,19-,22-/m1/s1. The van der Waals surface area contributed by atoms with E-state index in [1.54, 1.807) is 0 Å². The first kappa shape index (κ1) is 20.0. The molecule has 156 valence electrons. The molecule has 0 N–H and O–H groups in total. The second-order valence-electron chi connectivity index (χ2n) is 8.48. The minimum absolute atomic E-state index is 0.160. The summed E-state index contributed by atoms with van der Waals surface area (Å²) in [6, 6.07) is 3.33. The van der Waals surface area contributed by atoms with Crippen LogP contribution < -0.4 is 0 Å². The maximum Gasteiger partial charge on any atom is 0.337 e. The minimum Gasteiger partial charge on any atom is -0.460 e. The van der Waals surface area contributed by atoms with Gasteiger partial charge in [0.05, 0.1) is 18.1 Å². The number of hydrogen-bond acceptors (Lipinski definition) is 5. The zero-order valence-corrected chi connectivity index (χ0v) is 16.5. The van der Waals surface area contributed by atoms with Gasteiger partial charge in [0.1, 0.15) is 18.8 Å². The summed E-state index contributed by atoms with van der Waals surface area (Å²) in [5.41, 5.74) is 0.149. The van der Waals surface area contributed by atoms with Gasteiger partial charge in [-0.05, 0) is 48.3 Å². The summed E-state index contributed by atoms with van der Waals surface area (Å²) in [6.45, 7) is 4.40. The Kier molecular flexibility index (Phi) is 5.19. The summed E-state index contributed by atoms with van der Waals surface area (Å²) in [6.07, 6.45) is 3.55. The number of epoxide rings is 1. The van der Waals surface area contributed by atoms with Crippen molar-refractivity contribution in [3.8, 4) is 0 Å². The molecule has 0 radical (unpaired) electrons. The lowest BCUT2D eigenvalue weighted by molar-refractivity contribution is -0.154. The van der Waals surface area contributed by atoms with E-state index in [9.17, 15) is 18.4 Å². The number of cyclic esters (lactones) is 1. The van der Waals surface area contributed by atoms with Crippen LogP contribution >= 0.6 is 0 Å². The molecular weight excluding hydrogens is 382 g/mol. The monoisotopic (exact) mass is 406 g/mol. The first-order valence-corrected chi connectivity index (χ1v) is 9.93. The molecule has 3 aliphatic rings. The van der Waals surface area contributed by atoms with Crippen molar-refractivity contribution in [1.29, 1.82) is 0 Å². The van der Waals surface area contributed by atoms with E-state index in [-0.39, 0.29) is 36.6 Å². The van der Waals surface area contributed by atoms with E-state index in [2.05, 4.69) is 13.8 Å². The first-order valence-electron chi connectivity index (χ1n) is 9.93. The Morgan fingerprint density at radius 2 is 2.07 bits per heavy atom. The number of fused-ring (bicyclic) bond motifs is 2. The van der Waals surface area contributed by atoms with E-state index in [0.29, 0.717) is 18.1 Å². The maximum absolute atomic E-state index is 13.3. The summed E-state index contributed by atoms with van der Waals surface area (Å²) in [5.74, 6) is -2.93. The van der Waals surface area contributed by atoms with Gasteiger partial charge in [0.15, 0.2) is 11.6 Å². The number of carbonyl (C=O) groups excluding carboxylic acids is 2.